The topological polar surface area (TPSA) is 96.7 Å². The van der Waals surface area contributed by atoms with E-state index in [4.69, 9.17) is 23.9 Å². The van der Waals surface area contributed by atoms with E-state index in [0.29, 0.717) is 32.2 Å². The highest BCUT2D eigenvalue weighted by Gasteiger charge is 2.44. The summed E-state index contributed by atoms with van der Waals surface area (Å²) in [6, 6.07) is 3.95. The van der Waals surface area contributed by atoms with Gasteiger partial charge in [-0.2, -0.15) is 0 Å². The Hall–Kier alpha value is -3.01. The van der Waals surface area contributed by atoms with Gasteiger partial charge in [-0.15, -0.1) is 0 Å². The highest BCUT2D eigenvalue weighted by Crippen LogP contribution is 2.44. The first kappa shape index (κ1) is 22.5. The number of fused-ring (bicyclic) bond motifs is 3. The number of hydrogen-bond acceptors (Lipinski definition) is 7. The van der Waals surface area contributed by atoms with Gasteiger partial charge in [0, 0.05) is 68.8 Å². The number of nitrogens with one attached hydrogen (secondary N) is 1. The lowest BCUT2D eigenvalue weighted by molar-refractivity contribution is -0.114. The van der Waals surface area contributed by atoms with Crippen molar-refractivity contribution in [3.63, 3.8) is 0 Å². The summed E-state index contributed by atoms with van der Waals surface area (Å²) in [5.41, 5.74) is 4.18. The molecule has 0 saturated carbocycles. The van der Waals surface area contributed by atoms with Gasteiger partial charge in [-0.3, -0.25) is 4.79 Å². The van der Waals surface area contributed by atoms with Crippen LogP contribution in [0.4, 0.5) is 5.82 Å². The lowest BCUT2D eigenvalue weighted by Gasteiger charge is -2.35. The van der Waals surface area contributed by atoms with Gasteiger partial charge in [-0.1, -0.05) is 0 Å². The second kappa shape index (κ2) is 8.89. The summed E-state index contributed by atoms with van der Waals surface area (Å²) in [5.74, 6) is 1.20. The highest BCUT2D eigenvalue weighted by atomic mass is 16.6. The molecule has 1 N–H and O–H groups in total. The van der Waals surface area contributed by atoms with Crippen LogP contribution in [0.5, 0.6) is 5.75 Å². The van der Waals surface area contributed by atoms with E-state index in [1.807, 2.05) is 23.9 Å². The second-order valence-corrected chi connectivity index (χ2v) is 9.61. The van der Waals surface area contributed by atoms with Crippen molar-refractivity contribution in [1.29, 1.82) is 0 Å². The maximum absolute atomic E-state index is 11.6. The molecule has 1 spiro atoms. The van der Waals surface area contributed by atoms with Crippen molar-refractivity contribution in [3.05, 3.63) is 35.8 Å². The van der Waals surface area contributed by atoms with Crippen LogP contribution in [-0.4, -0.2) is 59.6 Å². The van der Waals surface area contributed by atoms with Crippen LogP contribution in [0.1, 0.15) is 37.4 Å². The molecular weight excluding hydrogens is 448 g/mol. The molecular formula is C26H30N4O5. The number of rotatable bonds is 4. The molecule has 2 saturated heterocycles. The normalized spacial score (nSPS) is 24.0. The van der Waals surface area contributed by atoms with E-state index in [1.54, 1.807) is 6.20 Å². The van der Waals surface area contributed by atoms with Gasteiger partial charge in [0.1, 0.15) is 23.3 Å². The van der Waals surface area contributed by atoms with E-state index < -0.39 is 5.60 Å². The molecule has 9 nitrogen and oxygen atoms in total. The lowest BCUT2D eigenvalue weighted by Crippen LogP contribution is -2.38. The number of carbonyl (C=O) groups excluding carboxylic acids is 1. The number of aryl methyl sites for hydroxylation is 1. The Morgan fingerprint density at radius 2 is 2.17 bits per heavy atom. The van der Waals surface area contributed by atoms with E-state index in [0.717, 1.165) is 71.5 Å². The van der Waals surface area contributed by atoms with Crippen LogP contribution < -0.4 is 10.1 Å². The number of carbonyl (C=O) groups is 1. The second-order valence-electron chi connectivity index (χ2n) is 9.61. The van der Waals surface area contributed by atoms with Crippen molar-refractivity contribution in [1.82, 2.24) is 14.5 Å². The molecule has 1 unspecified atom stereocenters. The summed E-state index contributed by atoms with van der Waals surface area (Å²) in [5, 5.41) is 3.74. The van der Waals surface area contributed by atoms with E-state index in [9.17, 15) is 4.79 Å². The van der Waals surface area contributed by atoms with Gasteiger partial charge in [0.15, 0.2) is 0 Å². The highest BCUT2D eigenvalue weighted by molar-refractivity contribution is 5.98. The fourth-order valence-electron chi connectivity index (χ4n) is 5.39. The van der Waals surface area contributed by atoms with Crippen molar-refractivity contribution in [2.75, 3.05) is 38.4 Å². The summed E-state index contributed by atoms with van der Waals surface area (Å²) < 4.78 is 26.4. The van der Waals surface area contributed by atoms with Gasteiger partial charge in [0.25, 0.3) is 0 Å². The Bertz CT molecular complexity index is 1270. The molecule has 1 amide bonds. The number of nitrogens with zero attached hydrogens (tertiary/aromatic N) is 3. The molecule has 3 aromatic rings. The third kappa shape index (κ3) is 4.07. The number of amides is 1. The van der Waals surface area contributed by atoms with Gasteiger partial charge in [0.05, 0.1) is 42.9 Å². The number of anilines is 1. The van der Waals surface area contributed by atoms with Gasteiger partial charge in [-0.05, 0) is 18.9 Å². The molecule has 6 heterocycles. The minimum Gasteiger partial charge on any atom is -0.488 e. The van der Waals surface area contributed by atoms with Crippen molar-refractivity contribution < 1.29 is 23.7 Å². The minimum absolute atomic E-state index is 0.0183. The maximum Gasteiger partial charge on any atom is 0.222 e. The molecule has 2 atom stereocenters. The first-order chi connectivity index (χ1) is 17.0. The van der Waals surface area contributed by atoms with Crippen molar-refractivity contribution in [3.8, 4) is 17.0 Å². The molecule has 35 heavy (non-hydrogen) atoms. The van der Waals surface area contributed by atoms with Gasteiger partial charge < -0.3 is 28.8 Å². The number of hydrogen-bond donors (Lipinski definition) is 1. The molecule has 0 aliphatic carbocycles. The summed E-state index contributed by atoms with van der Waals surface area (Å²) in [6.45, 7) is 4.62. The van der Waals surface area contributed by atoms with Gasteiger partial charge in [0.2, 0.25) is 5.91 Å². The quantitative estimate of drug-likeness (QED) is 0.614. The van der Waals surface area contributed by atoms with E-state index in [-0.39, 0.29) is 12.0 Å². The van der Waals surface area contributed by atoms with Crippen LogP contribution in [0, 0.1) is 0 Å². The summed E-state index contributed by atoms with van der Waals surface area (Å²) >= 11 is 0. The van der Waals surface area contributed by atoms with Crippen LogP contribution >= 0.6 is 0 Å². The third-order valence-corrected chi connectivity index (χ3v) is 7.10. The molecule has 2 fully saturated rings. The first-order valence-electron chi connectivity index (χ1n) is 12.3. The molecule has 9 heteroatoms. The van der Waals surface area contributed by atoms with E-state index in [2.05, 4.69) is 16.4 Å². The number of aromatic nitrogens is 3. The van der Waals surface area contributed by atoms with E-state index in [1.165, 1.54) is 6.92 Å². The Morgan fingerprint density at radius 1 is 1.26 bits per heavy atom. The van der Waals surface area contributed by atoms with Crippen molar-refractivity contribution in [2.24, 2.45) is 7.05 Å². The predicted molar refractivity (Wildman–Crippen MR) is 129 cm³/mol. The zero-order chi connectivity index (χ0) is 24.0. The van der Waals surface area contributed by atoms with Crippen LogP contribution in [-0.2, 0) is 38.1 Å². The monoisotopic (exact) mass is 478 g/mol. The fourth-order valence-corrected chi connectivity index (χ4v) is 5.39. The maximum atomic E-state index is 11.6. The zero-order valence-corrected chi connectivity index (χ0v) is 20.1. The van der Waals surface area contributed by atoms with Crippen LogP contribution in [0.25, 0.3) is 22.2 Å². The lowest BCUT2D eigenvalue weighted by atomic mass is 9.89. The Kier molecular flexibility index (Phi) is 5.70. The molecule has 6 rings (SSSR count). The molecule has 0 radical (unpaired) electrons. The first-order valence-corrected chi connectivity index (χ1v) is 12.3. The third-order valence-electron chi connectivity index (χ3n) is 7.10. The standard InChI is InChI=1S/C26H30N4O5/c1-16(31)28-24-10-19-20(13-30(2)22(19)12-27-24)21-11-23(35-17-4-3-7-32-14-17)18-5-8-34-26(25(18)29-21)6-9-33-15-26/h10-13,17H,3-9,14-15H2,1-2H3,(H,27,28,31)/t17-,26?/m1/s1. The summed E-state index contributed by atoms with van der Waals surface area (Å²) in [4.78, 5) is 21.2. The number of ether oxygens (including phenoxy) is 4. The van der Waals surface area contributed by atoms with Gasteiger partial charge in [-0.25, -0.2) is 9.97 Å². The molecule has 3 aliphatic heterocycles. The predicted octanol–water partition coefficient (Wildman–Crippen LogP) is 3.34. The van der Waals surface area contributed by atoms with Crippen LogP contribution in [0.3, 0.4) is 0 Å². The Balaban J connectivity index is 1.51. The SMILES string of the molecule is CC(=O)Nc1cc2c(-c3cc(O[C@@H]4CCCOC4)c4c(n3)C3(CCOC3)OCC4)cn(C)c2cn1. The molecule has 0 aromatic carbocycles. The fraction of sp³-hybridized carbons (Fsp3) is 0.500. The molecule has 3 aliphatic rings. The molecule has 0 bridgehead atoms. The largest absolute Gasteiger partial charge is 0.488 e. The van der Waals surface area contributed by atoms with Crippen LogP contribution in [0.2, 0.25) is 0 Å². The smallest absolute Gasteiger partial charge is 0.222 e. The van der Waals surface area contributed by atoms with Crippen LogP contribution in [0.15, 0.2) is 24.5 Å². The number of pyridine rings is 2. The average molecular weight is 479 g/mol. The minimum atomic E-state index is -0.543. The zero-order valence-electron chi connectivity index (χ0n) is 20.1. The Labute approximate surface area is 203 Å². The van der Waals surface area contributed by atoms with Crippen molar-refractivity contribution >= 4 is 22.6 Å². The van der Waals surface area contributed by atoms with Gasteiger partial charge >= 0.3 is 0 Å². The molecule has 3 aromatic heterocycles. The van der Waals surface area contributed by atoms with Crippen molar-refractivity contribution in [2.45, 2.75) is 44.3 Å². The van der Waals surface area contributed by atoms with E-state index >= 15 is 0 Å². The Morgan fingerprint density at radius 3 is 2.94 bits per heavy atom. The summed E-state index contributed by atoms with van der Waals surface area (Å²) in [7, 11) is 1.98. The summed E-state index contributed by atoms with van der Waals surface area (Å²) in [6.07, 6.45) is 7.33. The molecule has 184 valence electrons. The average Bonchev–Trinajstić information content (AvgIpc) is 3.45.